The SMILES string of the molecule is O=S(=O)(N1CCCC1)N1CCN(CCc2ccc(F)cc2)CC1. The fraction of sp³-hybridized carbons (Fsp3) is 0.625. The number of rotatable bonds is 5. The van der Waals surface area contributed by atoms with Gasteiger partial charge in [-0.15, -0.1) is 0 Å². The maximum absolute atomic E-state index is 12.9. The smallest absolute Gasteiger partial charge is 0.282 e. The molecule has 2 saturated heterocycles. The van der Waals surface area contributed by atoms with Gasteiger partial charge in [0.1, 0.15) is 5.82 Å². The highest BCUT2D eigenvalue weighted by Crippen LogP contribution is 2.18. The highest BCUT2D eigenvalue weighted by atomic mass is 32.2. The zero-order chi connectivity index (χ0) is 16.3. The van der Waals surface area contributed by atoms with Crippen molar-refractivity contribution >= 4 is 10.2 Å². The molecule has 23 heavy (non-hydrogen) atoms. The first-order valence-corrected chi connectivity index (χ1v) is 9.67. The average molecular weight is 341 g/mol. The van der Waals surface area contributed by atoms with Gasteiger partial charge in [0.2, 0.25) is 0 Å². The van der Waals surface area contributed by atoms with E-state index in [9.17, 15) is 12.8 Å². The summed E-state index contributed by atoms with van der Waals surface area (Å²) in [6.45, 7) is 4.83. The summed E-state index contributed by atoms with van der Waals surface area (Å²) in [5, 5.41) is 0. The molecule has 3 rings (SSSR count). The molecule has 0 spiro atoms. The Hall–Kier alpha value is -1.02. The Morgan fingerprint density at radius 3 is 2.04 bits per heavy atom. The van der Waals surface area contributed by atoms with E-state index in [4.69, 9.17) is 0 Å². The van der Waals surface area contributed by atoms with Crippen LogP contribution in [0.5, 0.6) is 0 Å². The van der Waals surface area contributed by atoms with Crippen LogP contribution in [0.25, 0.3) is 0 Å². The summed E-state index contributed by atoms with van der Waals surface area (Å²) in [5.74, 6) is -0.213. The van der Waals surface area contributed by atoms with Gasteiger partial charge in [-0.3, -0.25) is 0 Å². The summed E-state index contributed by atoms with van der Waals surface area (Å²) >= 11 is 0. The monoisotopic (exact) mass is 341 g/mol. The van der Waals surface area contributed by atoms with Gasteiger partial charge in [-0.2, -0.15) is 17.0 Å². The van der Waals surface area contributed by atoms with Gasteiger partial charge in [0.15, 0.2) is 0 Å². The van der Waals surface area contributed by atoms with E-state index in [0.29, 0.717) is 26.2 Å². The van der Waals surface area contributed by atoms with Crippen LogP contribution >= 0.6 is 0 Å². The van der Waals surface area contributed by atoms with E-state index in [2.05, 4.69) is 4.90 Å². The Kier molecular flexibility index (Phi) is 5.31. The lowest BCUT2D eigenvalue weighted by atomic mass is 10.1. The highest BCUT2D eigenvalue weighted by molar-refractivity contribution is 7.86. The van der Waals surface area contributed by atoms with Gasteiger partial charge in [-0.1, -0.05) is 12.1 Å². The van der Waals surface area contributed by atoms with Crippen LogP contribution in [0.3, 0.4) is 0 Å². The van der Waals surface area contributed by atoms with E-state index >= 15 is 0 Å². The van der Waals surface area contributed by atoms with Crippen LogP contribution in [-0.2, 0) is 16.6 Å². The molecule has 0 aliphatic carbocycles. The van der Waals surface area contributed by atoms with Crippen molar-refractivity contribution in [1.82, 2.24) is 13.5 Å². The van der Waals surface area contributed by atoms with E-state index in [1.54, 1.807) is 8.61 Å². The maximum Gasteiger partial charge on any atom is 0.282 e. The van der Waals surface area contributed by atoms with Crippen molar-refractivity contribution in [2.24, 2.45) is 0 Å². The maximum atomic E-state index is 12.9. The number of benzene rings is 1. The topological polar surface area (TPSA) is 43.9 Å². The molecule has 2 aliphatic rings. The molecular formula is C16H24FN3O2S. The Bertz CT molecular complexity index is 607. The Labute approximate surface area is 137 Å². The molecule has 5 nitrogen and oxygen atoms in total. The van der Waals surface area contributed by atoms with E-state index in [1.807, 2.05) is 12.1 Å². The molecule has 7 heteroatoms. The van der Waals surface area contributed by atoms with Gasteiger partial charge in [0.05, 0.1) is 0 Å². The first kappa shape index (κ1) is 16.8. The van der Waals surface area contributed by atoms with Crippen molar-refractivity contribution in [3.05, 3.63) is 35.6 Å². The summed E-state index contributed by atoms with van der Waals surface area (Å²) in [6, 6.07) is 6.58. The fourth-order valence-electron chi connectivity index (χ4n) is 3.20. The molecule has 2 heterocycles. The quantitative estimate of drug-likeness (QED) is 0.811. The van der Waals surface area contributed by atoms with Gasteiger partial charge < -0.3 is 4.90 Å². The minimum atomic E-state index is -3.26. The lowest BCUT2D eigenvalue weighted by Gasteiger charge is -2.35. The zero-order valence-electron chi connectivity index (χ0n) is 13.3. The minimum Gasteiger partial charge on any atom is -0.300 e. The highest BCUT2D eigenvalue weighted by Gasteiger charge is 2.33. The molecule has 0 N–H and O–H groups in total. The third-order valence-electron chi connectivity index (χ3n) is 4.68. The van der Waals surface area contributed by atoms with Gasteiger partial charge >= 0.3 is 0 Å². The Morgan fingerprint density at radius 1 is 0.870 bits per heavy atom. The van der Waals surface area contributed by atoms with Crippen molar-refractivity contribution in [2.45, 2.75) is 19.3 Å². The number of piperazine rings is 1. The van der Waals surface area contributed by atoms with Crippen LogP contribution in [0.1, 0.15) is 18.4 Å². The number of nitrogens with zero attached hydrogens (tertiary/aromatic N) is 3. The first-order chi connectivity index (χ1) is 11.1. The fourth-order valence-corrected chi connectivity index (χ4v) is 4.88. The van der Waals surface area contributed by atoms with E-state index in [1.165, 1.54) is 12.1 Å². The molecular weight excluding hydrogens is 317 g/mol. The first-order valence-electron chi connectivity index (χ1n) is 8.28. The predicted molar refractivity (Wildman–Crippen MR) is 87.8 cm³/mol. The molecule has 0 atom stereocenters. The number of halogens is 1. The Balaban J connectivity index is 1.47. The van der Waals surface area contributed by atoms with E-state index in [0.717, 1.165) is 44.5 Å². The molecule has 1 aromatic rings. The average Bonchev–Trinajstić information content (AvgIpc) is 3.10. The lowest BCUT2D eigenvalue weighted by Crippen LogP contribution is -2.52. The molecule has 2 fully saturated rings. The molecule has 1 aromatic carbocycles. The molecule has 0 amide bonds. The molecule has 0 saturated carbocycles. The van der Waals surface area contributed by atoms with Gasteiger partial charge in [0, 0.05) is 45.8 Å². The van der Waals surface area contributed by atoms with Crippen LogP contribution in [0.2, 0.25) is 0 Å². The normalized spacial score (nSPS) is 21.8. The third-order valence-corrected chi connectivity index (χ3v) is 6.71. The van der Waals surface area contributed by atoms with Crippen molar-refractivity contribution < 1.29 is 12.8 Å². The van der Waals surface area contributed by atoms with Crippen molar-refractivity contribution in [1.29, 1.82) is 0 Å². The molecule has 128 valence electrons. The van der Waals surface area contributed by atoms with Crippen molar-refractivity contribution in [3.8, 4) is 0 Å². The van der Waals surface area contributed by atoms with Crippen molar-refractivity contribution in [3.63, 3.8) is 0 Å². The van der Waals surface area contributed by atoms with Crippen LogP contribution < -0.4 is 0 Å². The third kappa shape index (κ3) is 4.09. The predicted octanol–water partition coefficient (Wildman–Crippen LogP) is 1.33. The molecule has 0 bridgehead atoms. The minimum absolute atomic E-state index is 0.213. The zero-order valence-corrected chi connectivity index (χ0v) is 14.1. The Morgan fingerprint density at radius 2 is 1.43 bits per heavy atom. The second-order valence-electron chi connectivity index (χ2n) is 6.23. The van der Waals surface area contributed by atoms with Gasteiger partial charge in [0.25, 0.3) is 10.2 Å². The van der Waals surface area contributed by atoms with Crippen LogP contribution in [-0.4, -0.2) is 67.7 Å². The van der Waals surface area contributed by atoms with E-state index < -0.39 is 10.2 Å². The summed E-state index contributed by atoms with van der Waals surface area (Å²) < 4.78 is 41.1. The van der Waals surface area contributed by atoms with E-state index in [-0.39, 0.29) is 5.82 Å². The van der Waals surface area contributed by atoms with Crippen LogP contribution in [0.15, 0.2) is 24.3 Å². The van der Waals surface area contributed by atoms with Gasteiger partial charge in [-0.25, -0.2) is 4.39 Å². The molecule has 0 aromatic heterocycles. The van der Waals surface area contributed by atoms with Gasteiger partial charge in [-0.05, 0) is 37.0 Å². The summed E-state index contributed by atoms with van der Waals surface area (Å²) in [5.41, 5.74) is 1.11. The summed E-state index contributed by atoms with van der Waals surface area (Å²) in [6.07, 6.45) is 2.80. The second-order valence-corrected chi connectivity index (χ2v) is 8.16. The van der Waals surface area contributed by atoms with Crippen LogP contribution in [0, 0.1) is 5.82 Å². The van der Waals surface area contributed by atoms with Crippen molar-refractivity contribution in [2.75, 3.05) is 45.8 Å². The second kappa shape index (κ2) is 7.25. The summed E-state index contributed by atoms with van der Waals surface area (Å²) in [4.78, 5) is 2.28. The summed E-state index contributed by atoms with van der Waals surface area (Å²) in [7, 11) is -3.26. The number of hydrogen-bond donors (Lipinski definition) is 0. The molecule has 2 aliphatic heterocycles. The molecule has 0 unspecified atom stereocenters. The van der Waals surface area contributed by atoms with Crippen LogP contribution in [0.4, 0.5) is 4.39 Å². The standard InChI is InChI=1S/C16H24FN3O2S/c17-16-5-3-15(4-6-16)7-10-18-11-13-20(14-12-18)23(21,22)19-8-1-2-9-19/h3-6H,1-2,7-14H2. The largest absolute Gasteiger partial charge is 0.300 e. The lowest BCUT2D eigenvalue weighted by molar-refractivity contribution is 0.184. The number of hydrogen-bond acceptors (Lipinski definition) is 3. The molecule has 0 radical (unpaired) electrons.